The van der Waals surface area contributed by atoms with E-state index in [-0.39, 0.29) is 0 Å². The molecule has 1 aromatic carbocycles. The van der Waals surface area contributed by atoms with Crippen molar-refractivity contribution >= 4 is 16.6 Å². The van der Waals surface area contributed by atoms with Gasteiger partial charge >= 0.3 is 0 Å². The fraction of sp³-hybridized carbons (Fsp3) is 0.133. The smallest absolute Gasteiger partial charge is 0.122 e. The van der Waals surface area contributed by atoms with Crippen LogP contribution in [0.5, 0.6) is 0 Å². The lowest BCUT2D eigenvalue weighted by atomic mass is 10.1. The summed E-state index contributed by atoms with van der Waals surface area (Å²) in [5.41, 5.74) is 3.12. The minimum Gasteiger partial charge on any atom is -0.467 e. The number of pyridine rings is 1. The summed E-state index contributed by atoms with van der Waals surface area (Å²) in [6.07, 6.45) is 1.69. The number of furan rings is 1. The van der Waals surface area contributed by atoms with Gasteiger partial charge in [-0.1, -0.05) is 18.2 Å². The molecule has 0 spiro atoms. The molecule has 0 bridgehead atoms. The van der Waals surface area contributed by atoms with Crippen molar-refractivity contribution in [2.24, 2.45) is 0 Å². The highest BCUT2D eigenvalue weighted by molar-refractivity contribution is 5.91. The van der Waals surface area contributed by atoms with Gasteiger partial charge in [0, 0.05) is 16.8 Å². The molecule has 0 atom stereocenters. The second-order valence-electron chi connectivity index (χ2n) is 4.26. The Balaban J connectivity index is 1.95. The molecule has 0 unspecified atom stereocenters. The van der Waals surface area contributed by atoms with Crippen molar-refractivity contribution in [1.29, 1.82) is 0 Å². The Labute approximate surface area is 105 Å². The summed E-state index contributed by atoms with van der Waals surface area (Å²) in [4.78, 5) is 4.52. The number of hydrogen-bond acceptors (Lipinski definition) is 3. The lowest BCUT2D eigenvalue weighted by Crippen LogP contribution is -2.00. The number of hydrogen-bond donors (Lipinski definition) is 1. The molecule has 2 aromatic heterocycles. The first-order chi connectivity index (χ1) is 8.83. The number of benzene rings is 1. The van der Waals surface area contributed by atoms with Crippen LogP contribution in [0.4, 0.5) is 5.69 Å². The molecule has 1 N–H and O–H groups in total. The summed E-state index contributed by atoms with van der Waals surface area (Å²) >= 11 is 0. The quantitative estimate of drug-likeness (QED) is 0.755. The van der Waals surface area contributed by atoms with Crippen molar-refractivity contribution < 1.29 is 4.42 Å². The number of aryl methyl sites for hydroxylation is 1. The average Bonchev–Trinajstić information content (AvgIpc) is 2.89. The molecule has 0 aliphatic carbocycles. The predicted molar refractivity (Wildman–Crippen MR) is 72.5 cm³/mol. The van der Waals surface area contributed by atoms with E-state index in [0.717, 1.165) is 28.0 Å². The van der Waals surface area contributed by atoms with Crippen LogP contribution in [0, 0.1) is 6.92 Å². The molecule has 0 saturated heterocycles. The Morgan fingerprint density at radius 2 is 2.06 bits per heavy atom. The van der Waals surface area contributed by atoms with Crippen molar-refractivity contribution in [3.8, 4) is 0 Å². The minimum atomic E-state index is 0.681. The first kappa shape index (κ1) is 10.8. The maximum atomic E-state index is 5.32. The standard InChI is InChI=1S/C15H14N2O/c1-11-9-15(16-10-12-5-4-8-18-12)13-6-2-3-7-14(13)17-11/h2-9H,10H2,1H3,(H,16,17). The molecule has 3 heteroatoms. The zero-order valence-corrected chi connectivity index (χ0v) is 10.2. The Morgan fingerprint density at radius 3 is 2.89 bits per heavy atom. The summed E-state index contributed by atoms with van der Waals surface area (Å²) in [6.45, 7) is 2.69. The van der Waals surface area contributed by atoms with E-state index < -0.39 is 0 Å². The molecular weight excluding hydrogens is 224 g/mol. The van der Waals surface area contributed by atoms with Crippen LogP contribution in [-0.2, 0) is 6.54 Å². The van der Waals surface area contributed by atoms with E-state index in [1.54, 1.807) is 6.26 Å². The molecule has 0 saturated carbocycles. The number of aromatic nitrogens is 1. The van der Waals surface area contributed by atoms with Crippen molar-refractivity contribution in [1.82, 2.24) is 4.98 Å². The van der Waals surface area contributed by atoms with E-state index in [0.29, 0.717) is 6.54 Å². The van der Waals surface area contributed by atoms with Gasteiger partial charge in [0.2, 0.25) is 0 Å². The van der Waals surface area contributed by atoms with Crippen molar-refractivity contribution in [2.45, 2.75) is 13.5 Å². The maximum Gasteiger partial charge on any atom is 0.122 e. The predicted octanol–water partition coefficient (Wildman–Crippen LogP) is 3.75. The van der Waals surface area contributed by atoms with E-state index in [9.17, 15) is 0 Å². The molecule has 0 aliphatic heterocycles. The highest BCUT2D eigenvalue weighted by atomic mass is 16.3. The van der Waals surface area contributed by atoms with Crippen molar-refractivity contribution in [3.63, 3.8) is 0 Å². The topological polar surface area (TPSA) is 38.1 Å². The molecule has 90 valence electrons. The van der Waals surface area contributed by atoms with Crippen LogP contribution in [0.3, 0.4) is 0 Å². The number of anilines is 1. The SMILES string of the molecule is Cc1cc(NCc2ccco2)c2ccccc2n1. The molecule has 0 aliphatic rings. The molecule has 18 heavy (non-hydrogen) atoms. The highest BCUT2D eigenvalue weighted by Gasteiger charge is 2.03. The number of para-hydroxylation sites is 1. The lowest BCUT2D eigenvalue weighted by molar-refractivity contribution is 0.518. The van der Waals surface area contributed by atoms with E-state index in [1.165, 1.54) is 0 Å². The zero-order valence-electron chi connectivity index (χ0n) is 10.2. The lowest BCUT2D eigenvalue weighted by Gasteiger charge is -2.09. The van der Waals surface area contributed by atoms with Crippen LogP contribution in [0.2, 0.25) is 0 Å². The van der Waals surface area contributed by atoms with E-state index >= 15 is 0 Å². The van der Waals surface area contributed by atoms with E-state index in [1.807, 2.05) is 37.3 Å². The number of nitrogens with zero attached hydrogens (tertiary/aromatic N) is 1. The fourth-order valence-corrected chi connectivity index (χ4v) is 2.05. The van der Waals surface area contributed by atoms with Crippen LogP contribution in [0.1, 0.15) is 11.5 Å². The summed E-state index contributed by atoms with van der Waals surface area (Å²) in [5.74, 6) is 0.925. The average molecular weight is 238 g/mol. The van der Waals surface area contributed by atoms with Crippen LogP contribution >= 0.6 is 0 Å². The van der Waals surface area contributed by atoms with Gasteiger partial charge in [0.15, 0.2) is 0 Å². The molecule has 0 radical (unpaired) electrons. The van der Waals surface area contributed by atoms with Gasteiger partial charge in [0.05, 0.1) is 18.3 Å². The Bertz CT molecular complexity index is 659. The molecule has 3 nitrogen and oxygen atoms in total. The van der Waals surface area contributed by atoms with Crippen LogP contribution in [-0.4, -0.2) is 4.98 Å². The first-order valence-corrected chi connectivity index (χ1v) is 5.95. The summed E-state index contributed by atoms with van der Waals surface area (Å²) < 4.78 is 5.32. The van der Waals surface area contributed by atoms with Gasteiger partial charge in [-0.15, -0.1) is 0 Å². The van der Waals surface area contributed by atoms with Gasteiger partial charge in [0.1, 0.15) is 5.76 Å². The Kier molecular flexibility index (Phi) is 2.73. The second-order valence-corrected chi connectivity index (χ2v) is 4.26. The third kappa shape index (κ3) is 2.07. The number of nitrogens with one attached hydrogen (secondary N) is 1. The largest absolute Gasteiger partial charge is 0.467 e. The van der Waals surface area contributed by atoms with Crippen molar-refractivity contribution in [2.75, 3.05) is 5.32 Å². The monoisotopic (exact) mass is 238 g/mol. The third-order valence-corrected chi connectivity index (χ3v) is 2.88. The fourth-order valence-electron chi connectivity index (χ4n) is 2.05. The highest BCUT2D eigenvalue weighted by Crippen LogP contribution is 2.23. The van der Waals surface area contributed by atoms with Crippen molar-refractivity contribution in [3.05, 3.63) is 60.2 Å². The summed E-state index contributed by atoms with van der Waals surface area (Å²) in [5, 5.41) is 4.53. The Hall–Kier alpha value is -2.29. The third-order valence-electron chi connectivity index (χ3n) is 2.88. The van der Waals surface area contributed by atoms with E-state index in [2.05, 4.69) is 22.4 Å². The first-order valence-electron chi connectivity index (χ1n) is 5.95. The van der Waals surface area contributed by atoms with Gasteiger partial charge in [-0.25, -0.2) is 0 Å². The van der Waals surface area contributed by atoms with E-state index in [4.69, 9.17) is 4.42 Å². The minimum absolute atomic E-state index is 0.681. The van der Waals surface area contributed by atoms with Crippen LogP contribution in [0.15, 0.2) is 53.1 Å². The molecule has 2 heterocycles. The molecule has 0 fully saturated rings. The Morgan fingerprint density at radius 1 is 1.17 bits per heavy atom. The van der Waals surface area contributed by atoms with Gasteiger partial charge in [-0.2, -0.15) is 0 Å². The normalized spacial score (nSPS) is 10.7. The zero-order chi connectivity index (χ0) is 12.4. The molecule has 0 amide bonds. The molecule has 3 rings (SSSR count). The van der Waals surface area contributed by atoms with Gasteiger partial charge in [-0.05, 0) is 31.2 Å². The van der Waals surface area contributed by atoms with Gasteiger partial charge < -0.3 is 9.73 Å². The maximum absolute atomic E-state index is 5.32. The summed E-state index contributed by atoms with van der Waals surface area (Å²) in [6, 6.07) is 14.1. The van der Waals surface area contributed by atoms with Gasteiger partial charge in [-0.3, -0.25) is 4.98 Å². The van der Waals surface area contributed by atoms with Crippen LogP contribution in [0.25, 0.3) is 10.9 Å². The molecule has 3 aromatic rings. The number of fused-ring (bicyclic) bond motifs is 1. The number of rotatable bonds is 3. The second kappa shape index (κ2) is 4.53. The van der Waals surface area contributed by atoms with Crippen LogP contribution < -0.4 is 5.32 Å². The van der Waals surface area contributed by atoms with Gasteiger partial charge in [0.25, 0.3) is 0 Å². The molecular formula is C15H14N2O. The summed E-state index contributed by atoms with van der Waals surface area (Å²) in [7, 11) is 0.